The van der Waals surface area contributed by atoms with Crippen LogP contribution in [0.3, 0.4) is 0 Å². The van der Waals surface area contributed by atoms with Crippen LogP contribution in [0.15, 0.2) is 64.3 Å². The Morgan fingerprint density at radius 3 is 2.37 bits per heavy atom. The number of pyridine rings is 1. The molecule has 1 saturated heterocycles. The van der Waals surface area contributed by atoms with Gasteiger partial charge in [-0.15, -0.1) is 0 Å². The number of sulfonamides is 1. The molecule has 4 rings (SSSR count). The van der Waals surface area contributed by atoms with Gasteiger partial charge in [0.25, 0.3) is 5.89 Å². The van der Waals surface area contributed by atoms with E-state index in [1.54, 1.807) is 42.7 Å². The molecule has 3 aromatic rings. The maximum Gasteiger partial charge on any atom is 0.264 e. The van der Waals surface area contributed by atoms with Crippen molar-refractivity contribution < 1.29 is 17.3 Å². The van der Waals surface area contributed by atoms with Crippen molar-refractivity contribution in [3.8, 4) is 11.4 Å². The van der Waals surface area contributed by atoms with Gasteiger partial charge in [0, 0.05) is 43.9 Å². The number of rotatable bonds is 4. The first kappa shape index (κ1) is 17.7. The Balaban J connectivity index is 1.51. The number of hydrogen-bond donors (Lipinski definition) is 0. The van der Waals surface area contributed by atoms with Crippen LogP contribution in [0.2, 0.25) is 0 Å². The third-order valence-corrected chi connectivity index (χ3v) is 6.56. The third kappa shape index (κ3) is 3.35. The van der Waals surface area contributed by atoms with Gasteiger partial charge in [0.05, 0.1) is 4.90 Å². The molecule has 0 unspecified atom stereocenters. The van der Waals surface area contributed by atoms with Gasteiger partial charge in [0.2, 0.25) is 15.8 Å². The zero-order chi connectivity index (χ0) is 18.9. The zero-order valence-corrected chi connectivity index (χ0v) is 15.1. The van der Waals surface area contributed by atoms with Crippen molar-refractivity contribution in [1.29, 1.82) is 0 Å². The molecule has 1 aliphatic heterocycles. The highest BCUT2D eigenvalue weighted by Crippen LogP contribution is 2.38. The molecular formula is C18H17FN4O3S. The smallest absolute Gasteiger partial charge is 0.264 e. The molecule has 27 heavy (non-hydrogen) atoms. The van der Waals surface area contributed by atoms with Crippen molar-refractivity contribution in [3.05, 3.63) is 60.7 Å². The number of hydrogen-bond acceptors (Lipinski definition) is 6. The molecule has 3 heterocycles. The molecule has 1 aliphatic rings. The van der Waals surface area contributed by atoms with E-state index >= 15 is 4.39 Å². The molecule has 1 fully saturated rings. The second-order valence-corrected chi connectivity index (χ2v) is 8.28. The predicted octanol–water partition coefficient (Wildman–Crippen LogP) is 2.78. The predicted molar refractivity (Wildman–Crippen MR) is 94.7 cm³/mol. The monoisotopic (exact) mass is 388 g/mol. The SMILES string of the molecule is O=S(=O)(c1ccccc1)N1CCC(F)(c2nc(-c3ccncc3)no2)CC1. The van der Waals surface area contributed by atoms with E-state index in [0.29, 0.717) is 5.56 Å². The average Bonchev–Trinajstić information content (AvgIpc) is 3.21. The van der Waals surface area contributed by atoms with Crippen LogP contribution in [0.5, 0.6) is 0 Å². The Kier molecular flexibility index (Phi) is 4.48. The van der Waals surface area contributed by atoms with Gasteiger partial charge in [-0.3, -0.25) is 4.98 Å². The summed E-state index contributed by atoms with van der Waals surface area (Å²) in [6.45, 7) is 0.0847. The first-order valence-corrected chi connectivity index (χ1v) is 9.92. The highest BCUT2D eigenvalue weighted by molar-refractivity contribution is 7.89. The summed E-state index contributed by atoms with van der Waals surface area (Å²) in [5.41, 5.74) is -1.17. The normalized spacial score (nSPS) is 17.7. The van der Waals surface area contributed by atoms with E-state index in [-0.39, 0.29) is 42.5 Å². The van der Waals surface area contributed by atoms with E-state index in [1.165, 1.54) is 16.4 Å². The molecule has 140 valence electrons. The van der Waals surface area contributed by atoms with Crippen molar-refractivity contribution in [1.82, 2.24) is 19.4 Å². The van der Waals surface area contributed by atoms with E-state index in [4.69, 9.17) is 4.52 Å². The molecule has 0 bridgehead atoms. The second-order valence-electron chi connectivity index (χ2n) is 6.34. The Hall–Kier alpha value is -2.65. The zero-order valence-electron chi connectivity index (χ0n) is 14.3. The highest BCUT2D eigenvalue weighted by atomic mass is 32.2. The van der Waals surface area contributed by atoms with Gasteiger partial charge in [-0.1, -0.05) is 23.4 Å². The quantitative estimate of drug-likeness (QED) is 0.683. The molecule has 0 spiro atoms. The Bertz CT molecular complexity index is 1020. The van der Waals surface area contributed by atoms with Gasteiger partial charge in [-0.05, 0) is 24.3 Å². The molecule has 9 heteroatoms. The molecule has 7 nitrogen and oxygen atoms in total. The molecule has 0 aliphatic carbocycles. The summed E-state index contributed by atoms with van der Waals surface area (Å²) < 4.78 is 47.1. The van der Waals surface area contributed by atoms with Gasteiger partial charge in [-0.25, -0.2) is 12.8 Å². The van der Waals surface area contributed by atoms with Crippen LogP contribution in [-0.4, -0.2) is 40.9 Å². The summed E-state index contributed by atoms with van der Waals surface area (Å²) in [5, 5.41) is 3.84. The van der Waals surface area contributed by atoms with Gasteiger partial charge < -0.3 is 4.52 Å². The standard InChI is InChI=1S/C18H17FN4O3S/c19-18(17-21-16(22-26-17)14-6-10-20-11-7-14)8-12-23(13-9-18)27(24,25)15-4-2-1-3-5-15/h1-7,10-11H,8-9,12-13H2. The Morgan fingerprint density at radius 1 is 1.04 bits per heavy atom. The highest BCUT2D eigenvalue weighted by Gasteiger charge is 2.44. The summed E-state index contributed by atoms with van der Waals surface area (Å²) >= 11 is 0. The number of aromatic nitrogens is 3. The van der Waals surface area contributed by atoms with Crippen molar-refractivity contribution in [2.24, 2.45) is 0 Å². The number of halogens is 1. The third-order valence-electron chi connectivity index (χ3n) is 4.64. The minimum absolute atomic E-state index is 0.0424. The van der Waals surface area contributed by atoms with Crippen molar-refractivity contribution >= 4 is 10.0 Å². The average molecular weight is 388 g/mol. The van der Waals surface area contributed by atoms with E-state index in [9.17, 15) is 8.42 Å². The van der Waals surface area contributed by atoms with Crippen LogP contribution >= 0.6 is 0 Å². The molecule has 2 aromatic heterocycles. The summed E-state index contributed by atoms with van der Waals surface area (Å²) in [6, 6.07) is 11.5. The molecule has 1 aromatic carbocycles. The maximum absolute atomic E-state index is 15.4. The van der Waals surface area contributed by atoms with Crippen LogP contribution in [0.25, 0.3) is 11.4 Å². The van der Waals surface area contributed by atoms with Crippen LogP contribution in [-0.2, 0) is 15.7 Å². The summed E-state index contributed by atoms with van der Waals surface area (Å²) in [4.78, 5) is 8.29. The summed E-state index contributed by atoms with van der Waals surface area (Å²) in [7, 11) is -3.64. The van der Waals surface area contributed by atoms with E-state index in [1.807, 2.05) is 0 Å². The largest absolute Gasteiger partial charge is 0.335 e. The van der Waals surface area contributed by atoms with E-state index in [2.05, 4.69) is 15.1 Å². The molecule has 0 amide bonds. The van der Waals surface area contributed by atoms with Crippen molar-refractivity contribution in [2.45, 2.75) is 23.4 Å². The van der Waals surface area contributed by atoms with E-state index < -0.39 is 15.7 Å². The Labute approximate surface area is 155 Å². The Morgan fingerprint density at radius 2 is 1.70 bits per heavy atom. The second kappa shape index (κ2) is 6.82. The van der Waals surface area contributed by atoms with Gasteiger partial charge in [0.15, 0.2) is 5.67 Å². The fourth-order valence-corrected chi connectivity index (χ4v) is 4.52. The fraction of sp³-hybridized carbons (Fsp3) is 0.278. The molecule has 0 atom stereocenters. The number of benzene rings is 1. The molecular weight excluding hydrogens is 371 g/mol. The number of nitrogens with zero attached hydrogens (tertiary/aromatic N) is 4. The lowest BCUT2D eigenvalue weighted by atomic mass is 9.94. The lowest BCUT2D eigenvalue weighted by Gasteiger charge is -2.33. The van der Waals surface area contributed by atoms with Crippen LogP contribution in [0, 0.1) is 0 Å². The molecule has 0 N–H and O–H groups in total. The number of alkyl halides is 1. The number of piperidine rings is 1. The summed E-state index contributed by atoms with van der Waals surface area (Å²) in [5.74, 6) is 0.162. The van der Waals surface area contributed by atoms with Gasteiger partial charge >= 0.3 is 0 Å². The minimum atomic E-state index is -3.64. The maximum atomic E-state index is 15.4. The first-order chi connectivity index (χ1) is 13.0. The molecule has 0 radical (unpaired) electrons. The van der Waals surface area contributed by atoms with Gasteiger partial charge in [0.1, 0.15) is 0 Å². The van der Waals surface area contributed by atoms with Crippen LogP contribution in [0.4, 0.5) is 4.39 Å². The summed E-state index contributed by atoms with van der Waals surface area (Å²) in [6.07, 6.45) is 3.08. The first-order valence-electron chi connectivity index (χ1n) is 8.48. The molecule has 0 saturated carbocycles. The van der Waals surface area contributed by atoms with Crippen LogP contribution in [0.1, 0.15) is 18.7 Å². The van der Waals surface area contributed by atoms with Gasteiger partial charge in [-0.2, -0.15) is 9.29 Å². The van der Waals surface area contributed by atoms with Crippen molar-refractivity contribution in [3.63, 3.8) is 0 Å². The van der Waals surface area contributed by atoms with Crippen LogP contribution < -0.4 is 0 Å². The van der Waals surface area contributed by atoms with E-state index in [0.717, 1.165) is 0 Å². The lowest BCUT2D eigenvalue weighted by Crippen LogP contribution is -2.43. The minimum Gasteiger partial charge on any atom is -0.335 e. The van der Waals surface area contributed by atoms with Crippen molar-refractivity contribution in [2.75, 3.05) is 13.1 Å². The fourth-order valence-electron chi connectivity index (χ4n) is 3.06. The lowest BCUT2D eigenvalue weighted by molar-refractivity contribution is 0.0511. The topological polar surface area (TPSA) is 89.2 Å².